The topological polar surface area (TPSA) is 59.2 Å². The molecule has 0 fully saturated rings. The molecule has 1 N–H and O–H groups in total. The SMILES string of the molecule is CC(=O)c1c(C)[nH]c(C(=O)[C@@H](C)Oc2ccc(F)c(Cl)c2)c1C. The van der Waals surface area contributed by atoms with Gasteiger partial charge in [0.25, 0.3) is 0 Å². The number of carbonyl (C=O) groups excluding carboxylic acids is 2. The van der Waals surface area contributed by atoms with E-state index in [0.29, 0.717) is 28.3 Å². The number of hydrogen-bond donors (Lipinski definition) is 1. The monoisotopic (exact) mass is 337 g/mol. The first-order valence-electron chi connectivity index (χ1n) is 7.08. The first kappa shape index (κ1) is 17.2. The third kappa shape index (κ3) is 3.45. The van der Waals surface area contributed by atoms with E-state index in [4.69, 9.17) is 16.3 Å². The van der Waals surface area contributed by atoms with Gasteiger partial charge in [-0.2, -0.15) is 0 Å². The maximum atomic E-state index is 13.1. The number of rotatable bonds is 5. The number of hydrogen-bond acceptors (Lipinski definition) is 3. The number of ketones is 2. The summed E-state index contributed by atoms with van der Waals surface area (Å²) < 4.78 is 18.7. The number of aromatic nitrogens is 1. The number of aryl methyl sites for hydroxylation is 1. The second kappa shape index (κ2) is 6.54. The Morgan fingerprint density at radius 1 is 1.30 bits per heavy atom. The molecule has 0 spiro atoms. The molecule has 1 heterocycles. The highest BCUT2D eigenvalue weighted by Crippen LogP contribution is 2.24. The molecule has 4 nitrogen and oxygen atoms in total. The molecule has 23 heavy (non-hydrogen) atoms. The van der Waals surface area contributed by atoms with Crippen LogP contribution >= 0.6 is 11.6 Å². The van der Waals surface area contributed by atoms with E-state index in [1.807, 2.05) is 0 Å². The molecule has 0 amide bonds. The second-order valence-corrected chi connectivity index (χ2v) is 5.79. The van der Waals surface area contributed by atoms with Crippen LogP contribution in [0.3, 0.4) is 0 Å². The van der Waals surface area contributed by atoms with Crippen molar-refractivity contribution in [2.75, 3.05) is 0 Å². The standard InChI is InChI=1S/C17H17ClFNO3/c1-8-15(10(3)21)9(2)20-16(8)17(22)11(4)23-12-5-6-14(19)13(18)7-12/h5-7,11,20H,1-4H3/t11-/m1/s1. The van der Waals surface area contributed by atoms with Gasteiger partial charge in [-0.1, -0.05) is 11.6 Å². The molecule has 0 radical (unpaired) electrons. The van der Waals surface area contributed by atoms with Crippen molar-refractivity contribution in [2.45, 2.75) is 33.8 Å². The molecular weight excluding hydrogens is 321 g/mol. The average molecular weight is 338 g/mol. The molecule has 0 saturated heterocycles. The van der Waals surface area contributed by atoms with E-state index in [0.717, 1.165) is 0 Å². The highest BCUT2D eigenvalue weighted by atomic mass is 35.5. The lowest BCUT2D eigenvalue weighted by molar-refractivity contribution is 0.0812. The van der Waals surface area contributed by atoms with Crippen LogP contribution < -0.4 is 4.74 Å². The lowest BCUT2D eigenvalue weighted by atomic mass is 10.0. The van der Waals surface area contributed by atoms with Crippen LogP contribution in [0.2, 0.25) is 5.02 Å². The number of halogens is 2. The minimum absolute atomic E-state index is 0.0760. The van der Waals surface area contributed by atoms with Gasteiger partial charge in [-0.25, -0.2) is 4.39 Å². The number of H-pyrrole nitrogens is 1. The van der Waals surface area contributed by atoms with Crippen molar-refractivity contribution in [3.8, 4) is 5.75 Å². The molecule has 122 valence electrons. The summed E-state index contributed by atoms with van der Waals surface area (Å²) in [5.41, 5.74) is 2.11. The lowest BCUT2D eigenvalue weighted by Gasteiger charge is -2.14. The Labute approximate surface area is 138 Å². The molecule has 6 heteroatoms. The molecule has 0 aliphatic heterocycles. The summed E-state index contributed by atoms with van der Waals surface area (Å²) in [6.45, 7) is 6.50. The fourth-order valence-electron chi connectivity index (χ4n) is 2.54. The summed E-state index contributed by atoms with van der Waals surface area (Å²) in [5, 5.41) is -0.0760. The Balaban J connectivity index is 2.24. The van der Waals surface area contributed by atoms with E-state index >= 15 is 0 Å². The summed E-state index contributed by atoms with van der Waals surface area (Å²) in [7, 11) is 0. The van der Waals surface area contributed by atoms with Crippen molar-refractivity contribution < 1.29 is 18.7 Å². The minimum atomic E-state index is -0.812. The maximum absolute atomic E-state index is 13.1. The number of carbonyl (C=O) groups is 2. The second-order valence-electron chi connectivity index (χ2n) is 5.38. The third-order valence-corrected chi connectivity index (χ3v) is 3.90. The Bertz CT molecular complexity index is 782. The van der Waals surface area contributed by atoms with Crippen LogP contribution in [0.25, 0.3) is 0 Å². The fraction of sp³-hybridized carbons (Fsp3) is 0.294. The van der Waals surface area contributed by atoms with Crippen LogP contribution in [-0.2, 0) is 0 Å². The number of Topliss-reactive ketones (excluding diaryl/α,β-unsaturated/α-hetero) is 2. The Morgan fingerprint density at radius 2 is 1.96 bits per heavy atom. The minimum Gasteiger partial charge on any atom is -0.482 e. The number of nitrogens with one attached hydrogen (secondary N) is 1. The molecule has 0 aliphatic rings. The van der Waals surface area contributed by atoms with Gasteiger partial charge < -0.3 is 9.72 Å². The largest absolute Gasteiger partial charge is 0.482 e. The molecule has 0 saturated carbocycles. The van der Waals surface area contributed by atoms with Gasteiger partial charge in [0, 0.05) is 17.3 Å². The van der Waals surface area contributed by atoms with Gasteiger partial charge in [0.1, 0.15) is 11.6 Å². The quantitative estimate of drug-likeness (QED) is 0.828. The zero-order valence-electron chi connectivity index (χ0n) is 13.3. The van der Waals surface area contributed by atoms with Crippen molar-refractivity contribution in [3.05, 3.63) is 51.6 Å². The predicted molar refractivity (Wildman–Crippen MR) is 86.1 cm³/mol. The summed E-state index contributed by atoms with van der Waals surface area (Å²) in [4.78, 5) is 27.1. The van der Waals surface area contributed by atoms with Gasteiger partial charge in [-0.05, 0) is 45.4 Å². The highest BCUT2D eigenvalue weighted by Gasteiger charge is 2.24. The molecule has 1 atom stereocenters. The highest BCUT2D eigenvalue weighted by molar-refractivity contribution is 6.30. The number of ether oxygens (including phenoxy) is 1. The Kier molecular flexibility index (Phi) is 4.90. The van der Waals surface area contributed by atoms with Crippen LogP contribution in [0.4, 0.5) is 4.39 Å². The van der Waals surface area contributed by atoms with Crippen molar-refractivity contribution in [3.63, 3.8) is 0 Å². The summed E-state index contributed by atoms with van der Waals surface area (Å²) in [6.07, 6.45) is -0.812. The van der Waals surface area contributed by atoms with E-state index in [2.05, 4.69) is 4.98 Å². The van der Waals surface area contributed by atoms with Crippen LogP contribution in [-0.4, -0.2) is 22.7 Å². The Hall–Kier alpha value is -2.14. The molecule has 0 bridgehead atoms. The summed E-state index contributed by atoms with van der Waals surface area (Å²) in [6, 6.07) is 3.89. The van der Waals surface area contributed by atoms with Gasteiger partial charge in [0.15, 0.2) is 11.9 Å². The van der Waals surface area contributed by atoms with Crippen LogP contribution in [0.15, 0.2) is 18.2 Å². The number of aromatic amines is 1. The van der Waals surface area contributed by atoms with E-state index < -0.39 is 11.9 Å². The fourth-order valence-corrected chi connectivity index (χ4v) is 2.71. The van der Waals surface area contributed by atoms with Crippen LogP contribution in [0.5, 0.6) is 5.75 Å². The van der Waals surface area contributed by atoms with Gasteiger partial charge in [-0.15, -0.1) is 0 Å². The molecule has 1 aromatic heterocycles. The van der Waals surface area contributed by atoms with Crippen molar-refractivity contribution >= 4 is 23.2 Å². The summed E-state index contributed by atoms with van der Waals surface area (Å²) in [5.74, 6) is -0.655. The Morgan fingerprint density at radius 3 is 2.48 bits per heavy atom. The van der Waals surface area contributed by atoms with Crippen LogP contribution in [0, 0.1) is 19.7 Å². The third-order valence-electron chi connectivity index (χ3n) is 3.61. The maximum Gasteiger partial charge on any atom is 0.219 e. The van der Waals surface area contributed by atoms with E-state index in [9.17, 15) is 14.0 Å². The molecule has 0 aliphatic carbocycles. The van der Waals surface area contributed by atoms with Crippen LogP contribution in [0.1, 0.15) is 46.0 Å². The van der Waals surface area contributed by atoms with E-state index in [1.165, 1.54) is 25.1 Å². The van der Waals surface area contributed by atoms with Gasteiger partial charge in [-0.3, -0.25) is 9.59 Å². The van der Waals surface area contributed by atoms with Crippen molar-refractivity contribution in [1.82, 2.24) is 4.98 Å². The first-order chi connectivity index (χ1) is 10.7. The molecule has 2 aromatic rings. The van der Waals surface area contributed by atoms with Gasteiger partial charge in [0.05, 0.1) is 10.7 Å². The molecule has 0 unspecified atom stereocenters. The molecule has 2 rings (SSSR count). The average Bonchev–Trinajstić information content (AvgIpc) is 2.77. The van der Waals surface area contributed by atoms with E-state index in [1.54, 1.807) is 20.8 Å². The molecule has 1 aromatic carbocycles. The van der Waals surface area contributed by atoms with Gasteiger partial charge >= 0.3 is 0 Å². The van der Waals surface area contributed by atoms with E-state index in [-0.39, 0.29) is 16.6 Å². The normalized spacial score (nSPS) is 12.1. The zero-order chi connectivity index (χ0) is 17.3. The molecular formula is C17H17ClFNO3. The lowest BCUT2D eigenvalue weighted by Crippen LogP contribution is -2.25. The predicted octanol–water partition coefficient (Wildman–Crippen LogP) is 4.28. The summed E-state index contributed by atoms with van der Waals surface area (Å²) >= 11 is 5.69. The zero-order valence-corrected chi connectivity index (χ0v) is 14.0. The van der Waals surface area contributed by atoms with Gasteiger partial charge in [0.2, 0.25) is 5.78 Å². The first-order valence-corrected chi connectivity index (χ1v) is 7.46. The van der Waals surface area contributed by atoms with Crippen molar-refractivity contribution in [1.29, 1.82) is 0 Å². The van der Waals surface area contributed by atoms with Crippen molar-refractivity contribution in [2.24, 2.45) is 0 Å². The number of benzene rings is 1. The smallest absolute Gasteiger partial charge is 0.219 e.